The maximum absolute atomic E-state index is 13.5. The van der Waals surface area contributed by atoms with Crippen molar-refractivity contribution in [1.82, 2.24) is 14.0 Å². The molecule has 1 amide bonds. The lowest BCUT2D eigenvalue weighted by Gasteiger charge is -2.31. The number of aryl methyl sites for hydroxylation is 1. The lowest BCUT2D eigenvalue weighted by atomic mass is 9.97. The summed E-state index contributed by atoms with van der Waals surface area (Å²) in [6, 6.07) is 11.5. The number of fused-ring (bicyclic) bond motifs is 1. The molecule has 4 rings (SSSR count). The van der Waals surface area contributed by atoms with Crippen LogP contribution < -0.4 is 5.62 Å². The van der Waals surface area contributed by atoms with Crippen molar-refractivity contribution in [2.75, 3.05) is 26.3 Å². The molecule has 1 saturated heterocycles. The van der Waals surface area contributed by atoms with Crippen LogP contribution in [0.2, 0.25) is 25.7 Å². The van der Waals surface area contributed by atoms with Crippen LogP contribution in [-0.4, -0.2) is 65.8 Å². The number of esters is 1. The highest BCUT2D eigenvalue weighted by atomic mass is 28.3. The van der Waals surface area contributed by atoms with E-state index in [0.29, 0.717) is 25.5 Å². The van der Waals surface area contributed by atoms with Gasteiger partial charge in [0.2, 0.25) is 5.62 Å². The minimum Gasteiger partial charge on any atom is -0.466 e. The maximum Gasteiger partial charge on any atom is 0.416 e. The number of imidazole rings is 1. The van der Waals surface area contributed by atoms with Gasteiger partial charge in [0, 0.05) is 45.8 Å². The number of rotatable bonds is 11. The van der Waals surface area contributed by atoms with E-state index in [9.17, 15) is 22.8 Å². The number of alkyl halides is 3. The van der Waals surface area contributed by atoms with E-state index >= 15 is 0 Å². The van der Waals surface area contributed by atoms with Gasteiger partial charge in [-0.15, -0.1) is 0 Å². The van der Waals surface area contributed by atoms with Crippen LogP contribution >= 0.6 is 0 Å². The summed E-state index contributed by atoms with van der Waals surface area (Å²) in [6.07, 6.45) is -3.12. The predicted octanol–water partition coefficient (Wildman–Crippen LogP) is 7.06. The van der Waals surface area contributed by atoms with E-state index in [2.05, 4.69) is 62.4 Å². The van der Waals surface area contributed by atoms with Crippen LogP contribution in [0.5, 0.6) is 0 Å². The third-order valence-corrected chi connectivity index (χ3v) is 10.1. The van der Waals surface area contributed by atoms with Crippen molar-refractivity contribution in [3.63, 3.8) is 0 Å². The summed E-state index contributed by atoms with van der Waals surface area (Å²) in [7, 11) is -1.38. The number of aromatic nitrogens is 2. The Kier molecular flexibility index (Phi) is 11.1. The average molecular weight is 661 g/mol. The molecule has 252 valence electrons. The zero-order valence-corrected chi connectivity index (χ0v) is 29.0. The minimum atomic E-state index is -4.59. The molecule has 0 aliphatic carbocycles. The molecule has 46 heavy (non-hydrogen) atoms. The van der Waals surface area contributed by atoms with Crippen LogP contribution in [0.4, 0.5) is 13.2 Å². The second-order valence-corrected chi connectivity index (χ2v) is 19.9. The zero-order chi connectivity index (χ0) is 33.9. The quantitative estimate of drug-likeness (QED) is 0.125. The Bertz CT molecular complexity index is 1620. The van der Waals surface area contributed by atoms with Gasteiger partial charge in [0.15, 0.2) is 0 Å². The largest absolute Gasteiger partial charge is 0.466 e. The molecule has 0 N–H and O–H groups in total. The molecule has 0 saturated carbocycles. The summed E-state index contributed by atoms with van der Waals surface area (Å²) < 4.78 is 55.5. The van der Waals surface area contributed by atoms with Crippen molar-refractivity contribution in [3.8, 4) is 0 Å². The minimum absolute atomic E-state index is 0.0596. The van der Waals surface area contributed by atoms with Gasteiger partial charge in [-0.05, 0) is 88.0 Å². The first kappa shape index (κ1) is 35.6. The number of carbonyl (C=O) groups is 2. The summed E-state index contributed by atoms with van der Waals surface area (Å²) in [5.41, 5.74) is 2.06. The van der Waals surface area contributed by atoms with Gasteiger partial charge in [0.1, 0.15) is 6.73 Å². The number of amides is 1. The standard InChI is InChI=1S/C34H47F3N4O4Si/c1-24(42)45-17-9-15-40-29-13-12-25(27-14-16-39(22-27)33(2,3)4)21-30(29)41(23-44-18-19-46(5,6)7)32(40)38-31(43)26-10-8-11-28(20-26)34(35,36)37/h8,10-13,20-21,27H,9,14-19,22-23H2,1-7H3. The van der Waals surface area contributed by atoms with Crippen molar-refractivity contribution in [1.29, 1.82) is 0 Å². The number of likely N-dealkylation sites (tertiary alicyclic amines) is 1. The van der Waals surface area contributed by atoms with Crippen molar-refractivity contribution >= 4 is 31.0 Å². The molecule has 12 heteroatoms. The van der Waals surface area contributed by atoms with Gasteiger partial charge in [-0.25, -0.2) is 0 Å². The maximum atomic E-state index is 13.5. The molecule has 0 radical (unpaired) electrons. The first-order chi connectivity index (χ1) is 21.4. The van der Waals surface area contributed by atoms with Gasteiger partial charge in [0.05, 0.1) is 23.2 Å². The molecule has 3 aromatic rings. The number of benzene rings is 2. The van der Waals surface area contributed by atoms with Crippen LogP contribution in [0.15, 0.2) is 47.5 Å². The number of carbonyl (C=O) groups excluding carboxylic acids is 2. The van der Waals surface area contributed by atoms with Crippen molar-refractivity contribution < 1.29 is 32.2 Å². The highest BCUT2D eigenvalue weighted by Gasteiger charge is 2.32. The van der Waals surface area contributed by atoms with Crippen LogP contribution in [-0.2, 0) is 33.7 Å². The fourth-order valence-corrected chi connectivity index (χ4v) is 6.42. The highest BCUT2D eigenvalue weighted by molar-refractivity contribution is 6.76. The third-order valence-electron chi connectivity index (χ3n) is 8.36. The lowest BCUT2D eigenvalue weighted by molar-refractivity contribution is -0.141. The van der Waals surface area contributed by atoms with E-state index in [0.717, 1.165) is 48.7 Å². The zero-order valence-electron chi connectivity index (χ0n) is 28.0. The van der Waals surface area contributed by atoms with Gasteiger partial charge in [-0.3, -0.25) is 19.1 Å². The monoisotopic (exact) mass is 660 g/mol. The Hall–Kier alpha value is -3.22. The first-order valence-electron chi connectivity index (χ1n) is 15.9. The van der Waals surface area contributed by atoms with Crippen LogP contribution in [0.1, 0.15) is 67.9 Å². The average Bonchev–Trinajstić information content (AvgIpc) is 3.56. The Balaban J connectivity index is 1.83. The van der Waals surface area contributed by atoms with Crippen LogP contribution in [0.3, 0.4) is 0 Å². The molecule has 0 spiro atoms. The molecular formula is C34H47F3N4O4Si. The molecule has 2 heterocycles. The van der Waals surface area contributed by atoms with Gasteiger partial charge in [0.25, 0.3) is 5.91 Å². The first-order valence-corrected chi connectivity index (χ1v) is 19.6. The smallest absolute Gasteiger partial charge is 0.416 e. The van der Waals surface area contributed by atoms with Crippen molar-refractivity contribution in [2.24, 2.45) is 4.99 Å². The Morgan fingerprint density at radius 2 is 1.74 bits per heavy atom. The van der Waals surface area contributed by atoms with E-state index in [4.69, 9.17) is 9.47 Å². The number of hydrogen-bond donors (Lipinski definition) is 0. The topological polar surface area (TPSA) is 78.1 Å². The molecule has 1 fully saturated rings. The number of hydrogen-bond acceptors (Lipinski definition) is 5. The molecule has 1 aliphatic heterocycles. The van der Waals surface area contributed by atoms with E-state index < -0.39 is 31.7 Å². The predicted molar refractivity (Wildman–Crippen MR) is 175 cm³/mol. The molecule has 1 unspecified atom stereocenters. The lowest BCUT2D eigenvalue weighted by Crippen LogP contribution is -2.39. The van der Waals surface area contributed by atoms with Crippen LogP contribution in [0.25, 0.3) is 11.0 Å². The van der Waals surface area contributed by atoms with Crippen LogP contribution in [0, 0.1) is 0 Å². The molecule has 2 aromatic carbocycles. The third kappa shape index (κ3) is 9.19. The summed E-state index contributed by atoms with van der Waals surface area (Å²) in [4.78, 5) is 31.8. The molecule has 1 atom stereocenters. The van der Waals surface area contributed by atoms with Crippen molar-refractivity contribution in [2.45, 2.75) is 97.1 Å². The van der Waals surface area contributed by atoms with Crippen molar-refractivity contribution in [3.05, 3.63) is 64.8 Å². The summed E-state index contributed by atoms with van der Waals surface area (Å²) in [5.74, 6) is -0.856. The Morgan fingerprint density at radius 1 is 1.00 bits per heavy atom. The van der Waals surface area contributed by atoms with Gasteiger partial charge in [-0.1, -0.05) is 31.8 Å². The second kappa shape index (κ2) is 14.3. The Labute approximate surface area is 270 Å². The second-order valence-electron chi connectivity index (χ2n) is 14.3. The van der Waals surface area contributed by atoms with E-state index in [1.165, 1.54) is 24.6 Å². The normalized spacial score (nSPS) is 16.8. The molecule has 1 aliphatic rings. The molecule has 0 bridgehead atoms. The number of nitrogens with zero attached hydrogens (tertiary/aromatic N) is 4. The fourth-order valence-electron chi connectivity index (χ4n) is 5.67. The summed E-state index contributed by atoms with van der Waals surface area (Å²) in [5, 5.41) is 0. The van der Waals surface area contributed by atoms with E-state index in [1.807, 2.05) is 15.2 Å². The van der Waals surface area contributed by atoms with E-state index in [1.54, 1.807) is 0 Å². The van der Waals surface area contributed by atoms with E-state index in [-0.39, 0.29) is 30.1 Å². The fraction of sp³-hybridized carbons (Fsp3) is 0.559. The molecule has 8 nitrogen and oxygen atoms in total. The number of halogens is 3. The summed E-state index contributed by atoms with van der Waals surface area (Å²) >= 11 is 0. The SMILES string of the molecule is CC(=O)OCCCn1c(=NC(=O)c2cccc(C(F)(F)F)c2)n(COCC[Si](C)(C)C)c2cc(C3CCN(C(C)(C)C)C3)ccc21. The van der Waals surface area contributed by atoms with Gasteiger partial charge in [-0.2, -0.15) is 18.2 Å². The molecular weight excluding hydrogens is 613 g/mol. The number of ether oxygens (including phenoxy) is 2. The summed E-state index contributed by atoms with van der Waals surface area (Å²) in [6.45, 7) is 17.9. The Morgan fingerprint density at radius 3 is 2.37 bits per heavy atom. The van der Waals surface area contributed by atoms with Gasteiger partial charge < -0.3 is 14.0 Å². The highest BCUT2D eigenvalue weighted by Crippen LogP contribution is 2.33. The molecule has 1 aromatic heterocycles. The van der Waals surface area contributed by atoms with Gasteiger partial charge >= 0.3 is 12.1 Å².